The molecule has 27 heavy (non-hydrogen) atoms. The fourth-order valence-electron chi connectivity index (χ4n) is 3.59. The maximum atomic E-state index is 11.2. The van der Waals surface area contributed by atoms with Crippen LogP contribution in [0.25, 0.3) is 0 Å². The van der Waals surface area contributed by atoms with Gasteiger partial charge in [-0.05, 0) is 49.8 Å². The summed E-state index contributed by atoms with van der Waals surface area (Å²) in [6, 6.07) is 7.75. The van der Waals surface area contributed by atoms with E-state index < -0.39 is 11.8 Å². The minimum absolute atomic E-state index is 0.183. The molecule has 152 valence electrons. The van der Waals surface area contributed by atoms with E-state index >= 15 is 0 Å². The van der Waals surface area contributed by atoms with E-state index in [1.54, 1.807) is 0 Å². The van der Waals surface area contributed by atoms with Crippen LogP contribution in [0.2, 0.25) is 0 Å². The minimum atomic E-state index is -0.867. The smallest absolute Gasteiger partial charge is 0.494 e. The number of methoxy groups -OCH3 is 1. The lowest BCUT2D eigenvalue weighted by molar-refractivity contribution is -0.0508. The summed E-state index contributed by atoms with van der Waals surface area (Å²) in [6.07, 6.45) is 9.02. The number of hydrogen-bond acceptors (Lipinski definition) is 5. The van der Waals surface area contributed by atoms with E-state index in [0.717, 1.165) is 24.3 Å². The lowest BCUT2D eigenvalue weighted by Gasteiger charge is -2.35. The van der Waals surface area contributed by atoms with Crippen LogP contribution in [0, 0.1) is 0 Å². The third-order valence-corrected chi connectivity index (χ3v) is 5.35. The average molecular weight is 379 g/mol. The Kier molecular flexibility index (Phi) is 8.92. The first-order chi connectivity index (χ1) is 13.1. The zero-order chi connectivity index (χ0) is 19.5. The molecule has 0 aromatic heterocycles. The Labute approximate surface area is 163 Å². The molecule has 0 amide bonds. The van der Waals surface area contributed by atoms with Gasteiger partial charge in [-0.3, -0.25) is 0 Å². The zero-order valence-electron chi connectivity index (χ0n) is 16.7. The average Bonchev–Trinajstić information content (AvgIpc) is 2.69. The molecule has 1 aliphatic rings. The SMILES string of the molecule is CCCCCCCCOc1ccc(C2(O)CCC(OC(=O)OC)CC2)cc1. The number of carbonyl (C=O) groups excluding carboxylic acids is 1. The molecule has 0 unspecified atom stereocenters. The van der Waals surface area contributed by atoms with Crippen LogP contribution in [-0.4, -0.2) is 31.1 Å². The number of ether oxygens (including phenoxy) is 3. The molecular weight excluding hydrogens is 344 g/mol. The topological polar surface area (TPSA) is 65.0 Å². The van der Waals surface area contributed by atoms with Crippen LogP contribution < -0.4 is 4.74 Å². The second-order valence-electron chi connectivity index (χ2n) is 7.44. The Morgan fingerprint density at radius 2 is 1.70 bits per heavy atom. The quantitative estimate of drug-likeness (QED) is 0.440. The van der Waals surface area contributed by atoms with E-state index in [1.807, 2.05) is 24.3 Å². The van der Waals surface area contributed by atoms with Gasteiger partial charge in [0.1, 0.15) is 11.9 Å². The van der Waals surface area contributed by atoms with Crippen LogP contribution in [0.3, 0.4) is 0 Å². The Morgan fingerprint density at radius 3 is 2.33 bits per heavy atom. The van der Waals surface area contributed by atoms with Gasteiger partial charge in [0.15, 0.2) is 0 Å². The van der Waals surface area contributed by atoms with Gasteiger partial charge in [-0.15, -0.1) is 0 Å². The number of aliphatic hydroxyl groups is 1. The Balaban J connectivity index is 1.73. The van der Waals surface area contributed by atoms with Crippen LogP contribution in [0.4, 0.5) is 4.79 Å². The highest BCUT2D eigenvalue weighted by Gasteiger charge is 2.36. The maximum Gasteiger partial charge on any atom is 0.508 e. The highest BCUT2D eigenvalue weighted by Crippen LogP contribution is 2.38. The number of carbonyl (C=O) groups is 1. The van der Waals surface area contributed by atoms with Gasteiger partial charge in [-0.25, -0.2) is 4.79 Å². The predicted molar refractivity (Wildman–Crippen MR) is 105 cm³/mol. The van der Waals surface area contributed by atoms with Gasteiger partial charge in [-0.2, -0.15) is 0 Å². The van der Waals surface area contributed by atoms with E-state index in [1.165, 1.54) is 39.2 Å². The summed E-state index contributed by atoms with van der Waals surface area (Å²) in [5.41, 5.74) is 0.0271. The van der Waals surface area contributed by atoms with Crippen molar-refractivity contribution < 1.29 is 24.1 Å². The number of benzene rings is 1. The normalized spacial score (nSPS) is 22.3. The van der Waals surface area contributed by atoms with Crippen molar-refractivity contribution in [2.75, 3.05) is 13.7 Å². The Morgan fingerprint density at radius 1 is 1.07 bits per heavy atom. The molecule has 0 atom stereocenters. The van der Waals surface area contributed by atoms with Crippen molar-refractivity contribution in [2.24, 2.45) is 0 Å². The van der Waals surface area contributed by atoms with Crippen molar-refractivity contribution in [3.8, 4) is 5.75 Å². The summed E-state index contributed by atoms with van der Waals surface area (Å²) >= 11 is 0. The van der Waals surface area contributed by atoms with Gasteiger partial charge < -0.3 is 19.3 Å². The Bertz CT molecular complexity index is 546. The first kappa shape index (κ1) is 21.5. The van der Waals surface area contributed by atoms with Crippen LogP contribution in [0.1, 0.15) is 76.7 Å². The molecule has 5 heteroatoms. The van der Waals surface area contributed by atoms with E-state index in [4.69, 9.17) is 9.47 Å². The van der Waals surface area contributed by atoms with Gasteiger partial charge in [0.05, 0.1) is 19.3 Å². The van der Waals surface area contributed by atoms with Crippen LogP contribution in [0.5, 0.6) is 5.75 Å². The lowest BCUT2D eigenvalue weighted by atomic mass is 9.78. The molecule has 0 radical (unpaired) electrons. The Hall–Kier alpha value is -1.75. The molecule has 1 fully saturated rings. The molecule has 1 aromatic carbocycles. The van der Waals surface area contributed by atoms with Crippen LogP contribution >= 0.6 is 0 Å². The number of unbranched alkanes of at least 4 members (excludes halogenated alkanes) is 5. The van der Waals surface area contributed by atoms with E-state index in [9.17, 15) is 9.90 Å². The highest BCUT2D eigenvalue weighted by atomic mass is 16.7. The number of rotatable bonds is 10. The highest BCUT2D eigenvalue weighted by molar-refractivity contribution is 5.59. The van der Waals surface area contributed by atoms with E-state index in [0.29, 0.717) is 25.7 Å². The molecule has 0 aliphatic heterocycles. The van der Waals surface area contributed by atoms with Crippen molar-refractivity contribution in [2.45, 2.75) is 82.8 Å². The van der Waals surface area contributed by atoms with Gasteiger partial charge >= 0.3 is 6.16 Å². The second-order valence-corrected chi connectivity index (χ2v) is 7.44. The van der Waals surface area contributed by atoms with Gasteiger partial charge in [-0.1, -0.05) is 51.2 Å². The largest absolute Gasteiger partial charge is 0.508 e. The van der Waals surface area contributed by atoms with Crippen molar-refractivity contribution in [1.82, 2.24) is 0 Å². The van der Waals surface area contributed by atoms with Gasteiger partial charge in [0.2, 0.25) is 0 Å². The van der Waals surface area contributed by atoms with Crippen molar-refractivity contribution in [3.63, 3.8) is 0 Å². The third-order valence-electron chi connectivity index (χ3n) is 5.35. The molecule has 1 aliphatic carbocycles. The summed E-state index contributed by atoms with van der Waals surface area (Å²) in [6.45, 7) is 2.97. The molecular formula is C22H34O5. The second kappa shape index (κ2) is 11.2. The van der Waals surface area contributed by atoms with Crippen molar-refractivity contribution >= 4 is 6.16 Å². The zero-order valence-corrected chi connectivity index (χ0v) is 16.7. The summed E-state index contributed by atoms with van der Waals surface area (Å²) in [4.78, 5) is 11.2. The molecule has 2 rings (SSSR count). The molecule has 5 nitrogen and oxygen atoms in total. The summed E-state index contributed by atoms with van der Waals surface area (Å²) in [5.74, 6) is 0.846. The summed E-state index contributed by atoms with van der Waals surface area (Å²) in [7, 11) is 1.30. The minimum Gasteiger partial charge on any atom is -0.494 e. The third kappa shape index (κ3) is 7.06. The van der Waals surface area contributed by atoms with Gasteiger partial charge in [0, 0.05) is 0 Å². The van der Waals surface area contributed by atoms with Crippen LogP contribution in [0.15, 0.2) is 24.3 Å². The first-order valence-corrected chi connectivity index (χ1v) is 10.3. The predicted octanol–water partition coefficient (Wildman–Crippen LogP) is 5.34. The monoisotopic (exact) mass is 378 g/mol. The fourth-order valence-corrected chi connectivity index (χ4v) is 3.59. The molecule has 1 N–H and O–H groups in total. The number of hydrogen-bond donors (Lipinski definition) is 1. The molecule has 0 spiro atoms. The van der Waals surface area contributed by atoms with Crippen molar-refractivity contribution in [3.05, 3.63) is 29.8 Å². The molecule has 0 saturated heterocycles. The fraction of sp³-hybridized carbons (Fsp3) is 0.682. The maximum absolute atomic E-state index is 11.2. The lowest BCUT2D eigenvalue weighted by Crippen LogP contribution is -2.35. The summed E-state index contributed by atoms with van der Waals surface area (Å²) in [5, 5.41) is 10.9. The van der Waals surface area contributed by atoms with Crippen molar-refractivity contribution in [1.29, 1.82) is 0 Å². The molecule has 1 aromatic rings. The molecule has 0 heterocycles. The van der Waals surface area contributed by atoms with E-state index in [2.05, 4.69) is 11.7 Å². The molecule has 0 bridgehead atoms. The first-order valence-electron chi connectivity index (χ1n) is 10.3. The van der Waals surface area contributed by atoms with Gasteiger partial charge in [0.25, 0.3) is 0 Å². The molecule has 1 saturated carbocycles. The van der Waals surface area contributed by atoms with E-state index in [-0.39, 0.29) is 6.10 Å². The standard InChI is InChI=1S/C22H34O5/c1-3-4-5-6-7-8-17-26-19-11-9-18(10-12-19)22(24)15-13-20(14-16-22)27-21(23)25-2/h9-12,20,24H,3-8,13-17H2,1-2H3. The summed E-state index contributed by atoms with van der Waals surface area (Å²) < 4.78 is 15.5. The van der Waals surface area contributed by atoms with Crippen LogP contribution in [-0.2, 0) is 15.1 Å².